The average molecular weight is 348 g/mol. The van der Waals surface area contributed by atoms with Crippen LogP contribution >= 0.6 is 0 Å². The van der Waals surface area contributed by atoms with Gasteiger partial charge in [-0.2, -0.15) is 0 Å². The number of anilines is 1. The summed E-state index contributed by atoms with van der Waals surface area (Å²) in [5.74, 6) is 0.255. The molecule has 6 heteroatoms. The van der Waals surface area contributed by atoms with Gasteiger partial charge in [0.25, 0.3) is 0 Å². The van der Waals surface area contributed by atoms with E-state index < -0.39 is 15.9 Å². The van der Waals surface area contributed by atoms with Crippen LogP contribution in [0.5, 0.6) is 0 Å². The van der Waals surface area contributed by atoms with Crippen LogP contribution in [0.1, 0.15) is 38.0 Å². The maximum Gasteiger partial charge on any atom is 0.179 e. The van der Waals surface area contributed by atoms with Crippen LogP contribution in [0.3, 0.4) is 0 Å². The minimum atomic E-state index is -3.37. The SMILES string of the molecule is CC(C)(C)c1ccc([C@H](O)CNc2ncccc2S(C)(=O)=O)cc1. The number of aliphatic hydroxyl groups is 1. The van der Waals surface area contributed by atoms with Crippen molar-refractivity contribution in [3.8, 4) is 0 Å². The second-order valence-corrected chi connectivity index (χ2v) is 8.88. The second-order valence-electron chi connectivity index (χ2n) is 6.89. The molecule has 5 nitrogen and oxygen atoms in total. The predicted molar refractivity (Wildman–Crippen MR) is 95.9 cm³/mol. The highest BCUT2D eigenvalue weighted by molar-refractivity contribution is 7.90. The van der Waals surface area contributed by atoms with Crippen LogP contribution < -0.4 is 5.32 Å². The van der Waals surface area contributed by atoms with Gasteiger partial charge in [-0.15, -0.1) is 0 Å². The highest BCUT2D eigenvalue weighted by atomic mass is 32.2. The van der Waals surface area contributed by atoms with E-state index in [4.69, 9.17) is 0 Å². The van der Waals surface area contributed by atoms with Crippen molar-refractivity contribution in [3.63, 3.8) is 0 Å². The first kappa shape index (κ1) is 18.4. The lowest BCUT2D eigenvalue weighted by Crippen LogP contribution is -2.16. The average Bonchev–Trinajstić information content (AvgIpc) is 2.51. The van der Waals surface area contributed by atoms with Crippen molar-refractivity contribution in [2.45, 2.75) is 37.2 Å². The maximum absolute atomic E-state index is 11.8. The molecule has 0 saturated heterocycles. The summed E-state index contributed by atoms with van der Waals surface area (Å²) in [6.45, 7) is 6.57. The molecule has 0 spiro atoms. The number of nitrogens with one attached hydrogen (secondary N) is 1. The fourth-order valence-corrected chi connectivity index (χ4v) is 3.14. The predicted octanol–water partition coefficient (Wildman–Crippen LogP) is 2.93. The summed E-state index contributed by atoms with van der Waals surface area (Å²) in [4.78, 5) is 4.18. The summed E-state index contributed by atoms with van der Waals surface area (Å²) in [7, 11) is -3.37. The highest BCUT2D eigenvalue weighted by Crippen LogP contribution is 2.24. The Bertz CT molecular complexity index is 794. The first-order chi connectivity index (χ1) is 11.1. The number of hydrogen-bond donors (Lipinski definition) is 2. The number of aliphatic hydroxyl groups excluding tert-OH is 1. The molecule has 2 rings (SSSR count). The van der Waals surface area contributed by atoms with E-state index in [1.165, 1.54) is 17.8 Å². The van der Waals surface area contributed by atoms with E-state index >= 15 is 0 Å². The lowest BCUT2D eigenvalue weighted by molar-refractivity contribution is 0.191. The van der Waals surface area contributed by atoms with Gasteiger partial charge in [-0.05, 0) is 28.7 Å². The molecule has 1 aromatic heterocycles. The molecule has 0 unspecified atom stereocenters. The van der Waals surface area contributed by atoms with Gasteiger partial charge in [-0.1, -0.05) is 45.0 Å². The second kappa shape index (κ2) is 6.91. The van der Waals surface area contributed by atoms with Crippen molar-refractivity contribution < 1.29 is 13.5 Å². The Morgan fingerprint density at radius 2 is 1.79 bits per heavy atom. The van der Waals surface area contributed by atoms with Gasteiger partial charge in [0, 0.05) is 19.0 Å². The monoisotopic (exact) mass is 348 g/mol. The Morgan fingerprint density at radius 3 is 2.33 bits per heavy atom. The summed E-state index contributed by atoms with van der Waals surface area (Å²) in [6.07, 6.45) is 1.90. The van der Waals surface area contributed by atoms with Crippen LogP contribution in [0.25, 0.3) is 0 Å². The van der Waals surface area contributed by atoms with Gasteiger partial charge in [-0.25, -0.2) is 13.4 Å². The molecule has 1 heterocycles. The van der Waals surface area contributed by atoms with Crippen LogP contribution in [0.15, 0.2) is 47.5 Å². The van der Waals surface area contributed by atoms with Crippen LogP contribution in [0.2, 0.25) is 0 Å². The first-order valence-corrected chi connectivity index (χ1v) is 9.65. The molecule has 0 aliphatic carbocycles. The zero-order chi connectivity index (χ0) is 18.0. The molecule has 1 atom stereocenters. The zero-order valence-corrected chi connectivity index (χ0v) is 15.3. The summed E-state index contributed by atoms with van der Waals surface area (Å²) >= 11 is 0. The fourth-order valence-electron chi connectivity index (χ4n) is 2.34. The molecule has 0 saturated carbocycles. The lowest BCUT2D eigenvalue weighted by atomic mass is 9.86. The third-order valence-electron chi connectivity index (χ3n) is 3.79. The number of hydrogen-bond acceptors (Lipinski definition) is 5. The van der Waals surface area contributed by atoms with Gasteiger partial charge in [0.2, 0.25) is 0 Å². The molecular weight excluding hydrogens is 324 g/mol. The van der Waals surface area contributed by atoms with Crippen molar-refractivity contribution in [2.24, 2.45) is 0 Å². The summed E-state index contributed by atoms with van der Waals surface area (Å²) in [6, 6.07) is 10.9. The van der Waals surface area contributed by atoms with E-state index in [1.54, 1.807) is 6.07 Å². The van der Waals surface area contributed by atoms with Crippen molar-refractivity contribution in [1.29, 1.82) is 0 Å². The van der Waals surface area contributed by atoms with E-state index in [0.717, 1.165) is 11.8 Å². The molecular formula is C18H24N2O3S. The van der Waals surface area contributed by atoms with E-state index in [9.17, 15) is 13.5 Å². The minimum absolute atomic E-state index is 0.0556. The fraction of sp³-hybridized carbons (Fsp3) is 0.389. The molecule has 24 heavy (non-hydrogen) atoms. The van der Waals surface area contributed by atoms with Crippen LogP contribution in [-0.2, 0) is 15.3 Å². The molecule has 0 fully saturated rings. The van der Waals surface area contributed by atoms with Crippen molar-refractivity contribution in [1.82, 2.24) is 4.98 Å². The Balaban J connectivity index is 2.10. The number of nitrogens with zero attached hydrogens (tertiary/aromatic N) is 1. The van der Waals surface area contributed by atoms with Crippen LogP contribution in [0.4, 0.5) is 5.82 Å². The Hall–Kier alpha value is -1.92. The molecule has 2 N–H and O–H groups in total. The van der Waals surface area contributed by atoms with Gasteiger partial charge >= 0.3 is 0 Å². The molecule has 0 aliphatic rings. The standard InChI is InChI=1S/C18H24N2O3S/c1-18(2,3)14-9-7-13(8-10-14)15(21)12-20-17-16(24(4,22)23)6-5-11-19-17/h5-11,15,21H,12H2,1-4H3,(H,19,20)/t15-/m1/s1. The van der Waals surface area contributed by atoms with Gasteiger partial charge in [0.15, 0.2) is 9.84 Å². The van der Waals surface area contributed by atoms with E-state index in [0.29, 0.717) is 0 Å². The highest BCUT2D eigenvalue weighted by Gasteiger charge is 2.17. The zero-order valence-electron chi connectivity index (χ0n) is 14.4. The number of rotatable bonds is 5. The topological polar surface area (TPSA) is 79.3 Å². The van der Waals surface area contributed by atoms with E-state index in [1.807, 2.05) is 24.3 Å². The van der Waals surface area contributed by atoms with Gasteiger partial charge in [-0.3, -0.25) is 0 Å². The number of aromatic nitrogens is 1. The summed E-state index contributed by atoms with van der Waals surface area (Å²) in [5, 5.41) is 13.3. The number of benzene rings is 1. The van der Waals surface area contributed by atoms with E-state index in [-0.39, 0.29) is 22.7 Å². The normalized spacial score (nSPS) is 13.5. The van der Waals surface area contributed by atoms with Crippen LogP contribution in [0, 0.1) is 0 Å². The molecule has 0 aliphatic heterocycles. The van der Waals surface area contributed by atoms with Crippen LogP contribution in [-0.4, -0.2) is 31.3 Å². The molecule has 1 aromatic carbocycles. The Kier molecular flexibility index (Phi) is 5.30. The van der Waals surface area contributed by atoms with Crippen molar-refractivity contribution in [3.05, 3.63) is 53.7 Å². The van der Waals surface area contributed by atoms with E-state index in [2.05, 4.69) is 31.1 Å². The lowest BCUT2D eigenvalue weighted by Gasteiger charge is -2.20. The van der Waals surface area contributed by atoms with Gasteiger partial charge < -0.3 is 10.4 Å². The Labute approximate surface area is 143 Å². The molecule has 2 aromatic rings. The summed E-state index contributed by atoms with van der Waals surface area (Å²) < 4.78 is 23.5. The van der Waals surface area contributed by atoms with Crippen molar-refractivity contribution in [2.75, 3.05) is 18.1 Å². The molecule has 0 bridgehead atoms. The molecule has 130 valence electrons. The first-order valence-electron chi connectivity index (χ1n) is 7.76. The quantitative estimate of drug-likeness (QED) is 0.868. The third-order valence-corrected chi connectivity index (χ3v) is 4.92. The number of pyridine rings is 1. The smallest absolute Gasteiger partial charge is 0.179 e. The molecule has 0 radical (unpaired) electrons. The Morgan fingerprint density at radius 1 is 1.17 bits per heavy atom. The van der Waals surface area contributed by atoms with Gasteiger partial charge in [0.1, 0.15) is 10.7 Å². The minimum Gasteiger partial charge on any atom is -0.387 e. The summed E-state index contributed by atoms with van der Waals surface area (Å²) in [5.41, 5.74) is 2.02. The largest absolute Gasteiger partial charge is 0.387 e. The van der Waals surface area contributed by atoms with Crippen molar-refractivity contribution >= 4 is 15.7 Å². The molecule has 0 amide bonds. The number of sulfone groups is 1. The third kappa shape index (κ3) is 4.55. The maximum atomic E-state index is 11.8. The van der Waals surface area contributed by atoms with Gasteiger partial charge in [0.05, 0.1) is 6.10 Å².